The van der Waals surface area contributed by atoms with Gasteiger partial charge in [0.05, 0.1) is 0 Å². The quantitative estimate of drug-likeness (QED) is 0.207. The summed E-state index contributed by atoms with van der Waals surface area (Å²) in [6.45, 7) is 4.67. The molecule has 9 rings (SSSR count). The Labute approximate surface area is 262 Å². The van der Waals surface area contributed by atoms with E-state index in [0.717, 1.165) is 39.0 Å². The lowest BCUT2D eigenvalue weighted by molar-refractivity contribution is 0.660. The number of hydrogen-bond donors (Lipinski definition) is 0. The van der Waals surface area contributed by atoms with Gasteiger partial charge in [-0.05, 0) is 92.7 Å². The van der Waals surface area contributed by atoms with Gasteiger partial charge in [0.1, 0.15) is 11.2 Å². The summed E-state index contributed by atoms with van der Waals surface area (Å²) < 4.78 is 6.28. The van der Waals surface area contributed by atoms with E-state index in [1.165, 1.54) is 44.2 Å². The molecule has 0 radical (unpaired) electrons. The summed E-state index contributed by atoms with van der Waals surface area (Å²) >= 11 is 0. The third-order valence-electron chi connectivity index (χ3n) is 9.64. The number of hydrogen-bond acceptors (Lipinski definition) is 2. The van der Waals surface area contributed by atoms with E-state index >= 15 is 0 Å². The molecule has 0 aliphatic heterocycles. The Balaban J connectivity index is 1.30. The van der Waals surface area contributed by atoms with Gasteiger partial charge < -0.3 is 9.32 Å². The van der Waals surface area contributed by atoms with Crippen LogP contribution in [0, 0.1) is 0 Å². The van der Waals surface area contributed by atoms with E-state index in [1.54, 1.807) is 0 Å². The molecule has 0 bridgehead atoms. The van der Waals surface area contributed by atoms with Crippen molar-refractivity contribution in [3.05, 3.63) is 163 Å². The minimum atomic E-state index is -0.0423. The van der Waals surface area contributed by atoms with E-state index in [0.29, 0.717) is 0 Å². The van der Waals surface area contributed by atoms with E-state index in [2.05, 4.69) is 164 Å². The lowest BCUT2D eigenvalue weighted by atomic mass is 9.82. The van der Waals surface area contributed by atoms with Crippen LogP contribution in [0.25, 0.3) is 55.0 Å². The molecule has 0 unspecified atom stereocenters. The minimum Gasteiger partial charge on any atom is -0.456 e. The molecule has 2 nitrogen and oxygen atoms in total. The predicted molar refractivity (Wildman–Crippen MR) is 189 cm³/mol. The standard InChI is InChI=1S/C43H31NO/c1-43(2)38-17-8-6-15-34(38)37-27-33(22-23-39(37)43)44(31-14-10-13-30(25-31)28-11-4-3-5-12-28)32-21-19-29-20-24-41-42(36(29)26-32)35-16-7-9-18-40(35)45-41/h3-27H,1-2H3. The second-order valence-corrected chi connectivity index (χ2v) is 12.6. The monoisotopic (exact) mass is 577 g/mol. The number of para-hydroxylation sites is 1. The van der Waals surface area contributed by atoms with E-state index in [-0.39, 0.29) is 5.41 Å². The Morgan fingerprint density at radius 1 is 0.467 bits per heavy atom. The first-order valence-electron chi connectivity index (χ1n) is 15.6. The molecule has 0 saturated heterocycles. The maximum atomic E-state index is 6.28. The van der Waals surface area contributed by atoms with Crippen LogP contribution in [0.4, 0.5) is 17.1 Å². The Morgan fingerprint density at radius 2 is 1.16 bits per heavy atom. The van der Waals surface area contributed by atoms with Crippen LogP contribution in [-0.2, 0) is 5.41 Å². The molecular formula is C43H31NO. The Kier molecular flexibility index (Phi) is 5.58. The second-order valence-electron chi connectivity index (χ2n) is 12.6. The molecule has 8 aromatic rings. The molecule has 7 aromatic carbocycles. The van der Waals surface area contributed by atoms with Gasteiger partial charge in [0.15, 0.2) is 0 Å². The smallest absolute Gasteiger partial charge is 0.136 e. The fraction of sp³-hybridized carbons (Fsp3) is 0.0698. The minimum absolute atomic E-state index is 0.0423. The van der Waals surface area contributed by atoms with Crippen molar-refractivity contribution in [1.29, 1.82) is 0 Å². The van der Waals surface area contributed by atoms with Crippen LogP contribution >= 0.6 is 0 Å². The fourth-order valence-electron chi connectivity index (χ4n) is 7.42. The van der Waals surface area contributed by atoms with Gasteiger partial charge >= 0.3 is 0 Å². The van der Waals surface area contributed by atoms with Crippen LogP contribution in [0.15, 0.2) is 156 Å². The van der Waals surface area contributed by atoms with Crippen molar-refractivity contribution in [3.8, 4) is 22.3 Å². The molecule has 214 valence electrons. The number of rotatable bonds is 4. The average molecular weight is 578 g/mol. The van der Waals surface area contributed by atoms with Crippen LogP contribution in [0.2, 0.25) is 0 Å². The van der Waals surface area contributed by atoms with Crippen LogP contribution in [-0.4, -0.2) is 0 Å². The molecule has 1 aliphatic carbocycles. The zero-order chi connectivity index (χ0) is 30.1. The highest BCUT2D eigenvalue weighted by Crippen LogP contribution is 2.51. The molecule has 45 heavy (non-hydrogen) atoms. The van der Waals surface area contributed by atoms with Crippen LogP contribution in [0.1, 0.15) is 25.0 Å². The topological polar surface area (TPSA) is 16.4 Å². The zero-order valence-corrected chi connectivity index (χ0v) is 25.3. The predicted octanol–water partition coefficient (Wildman–Crippen LogP) is 12.2. The SMILES string of the molecule is CC1(C)c2ccccc2-c2cc(N(c3cccc(-c4ccccc4)c3)c3ccc4ccc5oc6ccccc6c5c4c3)ccc21. The number of anilines is 3. The van der Waals surface area contributed by atoms with Gasteiger partial charge in [-0.25, -0.2) is 0 Å². The van der Waals surface area contributed by atoms with Crippen molar-refractivity contribution < 1.29 is 4.42 Å². The van der Waals surface area contributed by atoms with Gasteiger partial charge in [-0.1, -0.05) is 117 Å². The summed E-state index contributed by atoms with van der Waals surface area (Å²) in [6, 6.07) is 54.8. The molecule has 1 aromatic heterocycles. The van der Waals surface area contributed by atoms with E-state index < -0.39 is 0 Å². The van der Waals surface area contributed by atoms with Crippen LogP contribution in [0.5, 0.6) is 0 Å². The van der Waals surface area contributed by atoms with E-state index in [4.69, 9.17) is 4.42 Å². The molecule has 1 aliphatic rings. The van der Waals surface area contributed by atoms with Gasteiger partial charge in [-0.15, -0.1) is 0 Å². The summed E-state index contributed by atoms with van der Waals surface area (Å²) in [5.74, 6) is 0. The third-order valence-corrected chi connectivity index (χ3v) is 9.64. The van der Waals surface area contributed by atoms with E-state index in [1.807, 2.05) is 6.07 Å². The van der Waals surface area contributed by atoms with Gasteiger partial charge in [0, 0.05) is 33.2 Å². The molecule has 0 amide bonds. The Hall–Kier alpha value is -5.60. The van der Waals surface area contributed by atoms with Crippen LogP contribution in [0.3, 0.4) is 0 Å². The first kappa shape index (κ1) is 25.9. The average Bonchev–Trinajstić information content (AvgIpc) is 3.58. The van der Waals surface area contributed by atoms with Crippen molar-refractivity contribution >= 4 is 49.8 Å². The molecular weight excluding hydrogens is 546 g/mol. The molecule has 1 heterocycles. The first-order chi connectivity index (χ1) is 22.1. The van der Waals surface area contributed by atoms with Crippen molar-refractivity contribution in [2.45, 2.75) is 19.3 Å². The van der Waals surface area contributed by atoms with Crippen molar-refractivity contribution in [1.82, 2.24) is 0 Å². The lowest BCUT2D eigenvalue weighted by Crippen LogP contribution is -2.15. The number of benzene rings is 7. The maximum Gasteiger partial charge on any atom is 0.136 e. The molecule has 0 atom stereocenters. The maximum absolute atomic E-state index is 6.28. The molecule has 0 spiro atoms. The normalized spacial score (nSPS) is 13.3. The van der Waals surface area contributed by atoms with E-state index in [9.17, 15) is 0 Å². The molecule has 2 heteroatoms. The second kappa shape index (κ2) is 9.70. The number of fused-ring (bicyclic) bond motifs is 8. The summed E-state index contributed by atoms with van der Waals surface area (Å²) in [5, 5.41) is 4.68. The largest absolute Gasteiger partial charge is 0.456 e. The van der Waals surface area contributed by atoms with Crippen molar-refractivity contribution in [2.24, 2.45) is 0 Å². The molecule has 0 saturated carbocycles. The first-order valence-corrected chi connectivity index (χ1v) is 15.6. The summed E-state index contributed by atoms with van der Waals surface area (Å²) in [4.78, 5) is 2.40. The summed E-state index contributed by atoms with van der Waals surface area (Å²) in [6.07, 6.45) is 0. The number of furan rings is 1. The summed E-state index contributed by atoms with van der Waals surface area (Å²) in [5.41, 5.74) is 12.9. The Bertz CT molecular complexity index is 2410. The molecule has 0 fully saturated rings. The Morgan fingerprint density at radius 3 is 2.07 bits per heavy atom. The van der Waals surface area contributed by atoms with Gasteiger partial charge in [-0.2, -0.15) is 0 Å². The van der Waals surface area contributed by atoms with Gasteiger partial charge in [0.2, 0.25) is 0 Å². The van der Waals surface area contributed by atoms with Gasteiger partial charge in [-0.3, -0.25) is 0 Å². The highest BCUT2D eigenvalue weighted by molar-refractivity contribution is 6.19. The van der Waals surface area contributed by atoms with Crippen molar-refractivity contribution in [2.75, 3.05) is 4.90 Å². The van der Waals surface area contributed by atoms with Gasteiger partial charge in [0.25, 0.3) is 0 Å². The zero-order valence-electron chi connectivity index (χ0n) is 25.3. The number of nitrogens with zero attached hydrogens (tertiary/aromatic N) is 1. The van der Waals surface area contributed by atoms with Crippen LogP contribution < -0.4 is 4.90 Å². The van der Waals surface area contributed by atoms with Crippen molar-refractivity contribution in [3.63, 3.8) is 0 Å². The highest BCUT2D eigenvalue weighted by Gasteiger charge is 2.35. The molecule has 0 N–H and O–H groups in total. The highest BCUT2D eigenvalue weighted by atomic mass is 16.3. The third kappa shape index (κ3) is 3.96. The summed E-state index contributed by atoms with van der Waals surface area (Å²) in [7, 11) is 0. The fourth-order valence-corrected chi connectivity index (χ4v) is 7.42. The lowest BCUT2D eigenvalue weighted by Gasteiger charge is -2.28.